The molecule has 0 spiro atoms. The number of esters is 1. The van der Waals surface area contributed by atoms with Gasteiger partial charge in [-0.1, -0.05) is 82.4 Å². The summed E-state index contributed by atoms with van der Waals surface area (Å²) in [6, 6.07) is 9.01. The molecule has 3 amide bonds. The number of hydrogen-bond donors (Lipinski definition) is 6. The van der Waals surface area contributed by atoms with E-state index in [2.05, 4.69) is 42.7 Å². The van der Waals surface area contributed by atoms with Gasteiger partial charge in [-0.2, -0.15) is 0 Å². The van der Waals surface area contributed by atoms with E-state index in [1.807, 2.05) is 81.2 Å². The number of Topliss-reactive ketones (excluding diaryl/α,β-unsaturated/α-hetero) is 3. The van der Waals surface area contributed by atoms with E-state index in [0.29, 0.717) is 271 Å². The molecule has 2 unspecified atom stereocenters. The summed E-state index contributed by atoms with van der Waals surface area (Å²) in [6.07, 6.45) is 20.4. The molecule has 34 nitrogen and oxygen atoms in total. The number of alkyl carbamates (subject to hydrolysis) is 1. The Bertz CT molecular complexity index is 4290. The van der Waals surface area contributed by atoms with Gasteiger partial charge in [-0.3, -0.25) is 29.4 Å². The second-order valence-corrected chi connectivity index (χ2v) is 34.6. The number of aromatic amines is 1. The monoisotopic (exact) mass is 1850 g/mol. The van der Waals surface area contributed by atoms with Crippen molar-refractivity contribution in [2.45, 2.75) is 206 Å². The quantitative estimate of drug-likeness (QED) is 0.00786. The minimum Gasteiger partial charge on any atom is -0.460 e. The summed E-state index contributed by atoms with van der Waals surface area (Å²) >= 11 is 0. The van der Waals surface area contributed by atoms with E-state index in [-0.39, 0.29) is 104 Å². The van der Waals surface area contributed by atoms with Crippen LogP contribution in [0, 0.1) is 35.0 Å². The number of hydrogen-bond acceptors (Lipinski definition) is 30. The number of pyridine rings is 1. The Balaban J connectivity index is 0.512. The Morgan fingerprint density at radius 2 is 1.26 bits per heavy atom. The molecule has 1 aliphatic carbocycles. The van der Waals surface area contributed by atoms with Crippen LogP contribution in [0.1, 0.15) is 172 Å². The Hall–Kier alpha value is -8.69. The molecule has 4 aliphatic heterocycles. The van der Waals surface area contributed by atoms with Gasteiger partial charge in [-0.25, -0.2) is 24.5 Å². The molecule has 732 valence electrons. The van der Waals surface area contributed by atoms with E-state index in [1.165, 1.54) is 16.8 Å². The first kappa shape index (κ1) is 107. The number of benzene rings is 1. The van der Waals surface area contributed by atoms with Gasteiger partial charge in [0, 0.05) is 94.3 Å². The molecule has 10 atom stereocenters. The van der Waals surface area contributed by atoms with E-state index in [1.54, 1.807) is 39.4 Å². The van der Waals surface area contributed by atoms with Crippen LogP contribution in [0.25, 0.3) is 11.0 Å². The van der Waals surface area contributed by atoms with Crippen molar-refractivity contribution in [1.29, 1.82) is 5.41 Å². The number of nitrogens with zero attached hydrogens (tertiary/aromatic N) is 5. The number of aliphatic hydroxyl groups excluding tert-OH is 1. The number of aliphatic hydroxyl groups is 1. The highest BCUT2D eigenvalue weighted by atomic mass is 16.6. The van der Waals surface area contributed by atoms with Gasteiger partial charge in [0.1, 0.15) is 59.5 Å². The molecule has 0 radical (unpaired) electrons. The van der Waals surface area contributed by atoms with E-state index in [0.717, 1.165) is 47.0 Å². The number of nitrogens with one attached hydrogen (secondary N) is 4. The molecule has 5 aliphatic rings. The predicted octanol–water partition coefficient (Wildman–Crippen LogP) is 10.5. The minimum atomic E-state index is -1.09. The van der Waals surface area contributed by atoms with Crippen LogP contribution in [0.4, 0.5) is 16.4 Å². The number of piperidine rings is 1. The number of carbonyl (C=O) groups excluding carboxylic acids is 7. The number of nitrogen functional groups attached to an aromatic ring is 1. The van der Waals surface area contributed by atoms with E-state index in [4.69, 9.17) is 86.9 Å². The Morgan fingerprint density at radius 3 is 1.88 bits per heavy atom. The second kappa shape index (κ2) is 60.6. The molecule has 3 aromatic heterocycles. The first-order valence-corrected chi connectivity index (χ1v) is 47.4. The van der Waals surface area contributed by atoms with Crippen molar-refractivity contribution >= 4 is 69.6 Å². The normalized spacial score (nSPS) is 23.7. The number of fused-ring (bicyclic) bond motifs is 5. The zero-order valence-corrected chi connectivity index (χ0v) is 78.7. The fraction of sp³-hybridized carbons (Fsp3) is 0.663. The third kappa shape index (κ3) is 38.2. The molecular formula is C98H146N10O24. The lowest BCUT2D eigenvalue weighted by Gasteiger charge is -2.38. The summed E-state index contributed by atoms with van der Waals surface area (Å²) < 4.78 is 91.7. The molecule has 34 heteroatoms. The van der Waals surface area contributed by atoms with E-state index < -0.39 is 54.0 Å². The van der Waals surface area contributed by atoms with Crippen LogP contribution in [0.2, 0.25) is 0 Å². The molecule has 1 saturated carbocycles. The number of amides is 3. The number of aromatic nitrogens is 4. The number of nitrogens with two attached hydrogens (primary N) is 1. The fourth-order valence-electron chi connectivity index (χ4n) is 16.6. The highest BCUT2D eigenvalue weighted by molar-refractivity contribution is 6.38. The largest absolute Gasteiger partial charge is 0.460 e. The summed E-state index contributed by atoms with van der Waals surface area (Å²) in [5, 5.41) is 27.2. The Labute approximate surface area is 777 Å². The summed E-state index contributed by atoms with van der Waals surface area (Å²) in [6.45, 7) is 23.1. The number of rotatable bonds is 49. The number of anilines is 2. The number of ether oxygens (including phenoxy) is 16. The van der Waals surface area contributed by atoms with Crippen LogP contribution in [-0.4, -0.2) is 310 Å². The van der Waals surface area contributed by atoms with Crippen molar-refractivity contribution < 1.29 is 114 Å². The highest BCUT2D eigenvalue weighted by Crippen LogP contribution is 2.35. The van der Waals surface area contributed by atoms with Gasteiger partial charge < -0.3 is 112 Å². The lowest BCUT2D eigenvalue weighted by Crippen LogP contribution is -2.55. The van der Waals surface area contributed by atoms with Crippen LogP contribution >= 0.6 is 0 Å². The number of carbonyl (C=O) groups is 7. The number of cyclic esters (lactones) is 1. The molecule has 2 saturated heterocycles. The Morgan fingerprint density at radius 1 is 0.644 bits per heavy atom. The lowest BCUT2D eigenvalue weighted by molar-refractivity contribution is -0.169. The summed E-state index contributed by atoms with van der Waals surface area (Å²) in [7, 11) is 1.64. The summed E-state index contributed by atoms with van der Waals surface area (Å²) in [5.41, 5.74) is 13.0. The topological polar surface area (TPSA) is 422 Å². The number of methoxy groups -OCH3 is 1. The zero-order valence-electron chi connectivity index (χ0n) is 78.7. The van der Waals surface area contributed by atoms with Crippen molar-refractivity contribution in [1.82, 2.24) is 35.1 Å². The average Bonchev–Trinajstić information content (AvgIpc) is 1.26. The standard InChI is InChI=1S/C98H146N10O24/c1-68-13-9-8-10-14-69(2)87(117-7)62-82-22-16-70(3)92(130-82)91(113)96(114)108-31-12-11-15-83(108)97(115)131-81(61-84(109)72(5)58-73(6)86(111)63-85(110)71(4)57-68)25-20-74-18-23-80(24-19-74)132-98(116)102-30-34-119-36-38-121-40-42-123-44-46-125-48-50-127-52-54-129-56-55-128-53-51-126-49-47-124-45-43-122-41-39-120-37-35-118-33-28-88(112)107-32-27-76-59-75(17-21-78(76)66-107)64-103-95-89(93(100)105-67-106-95)90(99)79-60-77-26-29-101-94(77)104-65-79/h8-10,13-14,17,21,26,29,58-60,65,67-68,70-72,74,80-83,86-87,92,99,111H,11-12,15-16,18-20,22-25,27-28,30-57,61-64,66H2,1-7H3,(H,101,104)(H,102,116)(H3,100,103,105,106)/b10-8?,13-9+,69-14?,73-58+,99-90?/t68-,70-,71-,72-,74?,80?,81-,82?,83+,86+,87+,92?/m1/s1. The van der Waals surface area contributed by atoms with E-state index in [9.17, 15) is 38.7 Å². The van der Waals surface area contributed by atoms with Crippen molar-refractivity contribution in [3.63, 3.8) is 0 Å². The lowest BCUT2D eigenvalue weighted by atomic mass is 9.83. The van der Waals surface area contributed by atoms with Gasteiger partial charge >= 0.3 is 12.1 Å². The fourth-order valence-corrected chi connectivity index (χ4v) is 16.6. The maximum atomic E-state index is 14.5. The summed E-state index contributed by atoms with van der Waals surface area (Å²) in [4.78, 5) is 116. The third-order valence-electron chi connectivity index (χ3n) is 24.5. The predicted molar refractivity (Wildman–Crippen MR) is 495 cm³/mol. The van der Waals surface area contributed by atoms with Gasteiger partial charge in [-0.05, 0) is 155 Å². The van der Waals surface area contributed by atoms with Crippen LogP contribution in [0.5, 0.6) is 0 Å². The number of H-pyrrole nitrogens is 1. The molecule has 2 bridgehead atoms. The van der Waals surface area contributed by atoms with Crippen molar-refractivity contribution in [2.24, 2.45) is 29.6 Å². The Kier molecular flexibility index (Phi) is 49.1. The molecule has 4 aromatic rings. The average molecular weight is 1850 g/mol. The SMILES string of the molecule is CO[C@H]1CC2CC[C@@H](C)C(O2)C(=O)C(=O)N2CCCC[C@H]2C(=O)O[C@H](CCC2CCC(OC(=O)NCCOCCOCCOCCOCCOCCOCCOCCOCCOCCOCCOCCOCCC(=O)N3CCc4cc(CNc5ncnc(N)c5C(=N)c5cnc6[nH]ccc6c5)ccc4C3)CC2)CC(=O)[C@H](C)/C=C(\C)[C@@H](O)CC(=O)[C@H](C)C[C@H](C)/C=C/C=CC=C1C. The van der Waals surface area contributed by atoms with Gasteiger partial charge in [0.05, 0.1) is 195 Å². The zero-order chi connectivity index (χ0) is 94.0. The maximum Gasteiger partial charge on any atom is 0.407 e. The molecular weight excluding hydrogens is 1700 g/mol. The molecule has 9 rings (SSSR count). The minimum absolute atomic E-state index is 0.0500. The van der Waals surface area contributed by atoms with Gasteiger partial charge in [0.25, 0.3) is 5.91 Å². The molecule has 7 heterocycles. The number of ketones is 3. The molecule has 132 heavy (non-hydrogen) atoms. The highest BCUT2D eigenvalue weighted by Gasteiger charge is 2.44. The second-order valence-electron chi connectivity index (χ2n) is 34.6. The molecule has 3 fully saturated rings. The summed E-state index contributed by atoms with van der Waals surface area (Å²) in [5.74, 6) is -2.66. The first-order valence-electron chi connectivity index (χ1n) is 47.4. The van der Waals surface area contributed by atoms with Crippen LogP contribution in [0.15, 0.2) is 96.7 Å². The van der Waals surface area contributed by atoms with Crippen LogP contribution in [0.3, 0.4) is 0 Å². The van der Waals surface area contributed by atoms with Crippen molar-refractivity contribution in [3.05, 3.63) is 124 Å². The van der Waals surface area contributed by atoms with E-state index >= 15 is 0 Å². The van der Waals surface area contributed by atoms with Crippen LogP contribution in [-0.2, 0) is 124 Å². The van der Waals surface area contributed by atoms with Gasteiger partial charge in [-0.15, -0.1) is 0 Å². The van der Waals surface area contributed by atoms with Gasteiger partial charge in [0.2, 0.25) is 11.7 Å². The van der Waals surface area contributed by atoms with Crippen LogP contribution < -0.4 is 16.4 Å². The number of allylic oxidation sites excluding steroid dienone is 6. The third-order valence-corrected chi connectivity index (χ3v) is 24.5. The first-order chi connectivity index (χ1) is 64.1. The van der Waals surface area contributed by atoms with Crippen molar-refractivity contribution in [2.75, 3.05) is 196 Å². The molecule has 1 aromatic carbocycles. The smallest absolute Gasteiger partial charge is 0.407 e. The van der Waals surface area contributed by atoms with Crippen molar-refractivity contribution in [3.8, 4) is 0 Å². The maximum absolute atomic E-state index is 14.5. The van der Waals surface area contributed by atoms with Gasteiger partial charge in [0.15, 0.2) is 0 Å². The molecule has 7 N–H and O–H groups in total.